The van der Waals surface area contributed by atoms with E-state index in [0.29, 0.717) is 103 Å². The first-order valence-corrected chi connectivity index (χ1v) is 44.1. The first kappa shape index (κ1) is 90.4. The maximum Gasteiger partial charge on any atom is 0.114 e. The standard InChI is InChI=1S/C11H21NO.C11H21N.2C10H20N2.C9H18N2O.C9H18N2.C9H20N2.C8H17FN2.C8H18N2/c1-9(2)12-6-5-11-10(8-12)4-3-7-13-11;1-9(2)12-7-6-10-4-3-5-11(10)8-12;1-7(2)12-6-8-3-4-10(12)9(11)5-8;1-9(2)12-7-10(8-12)4-3-5-11-6-10;1-8(2)11-6-9(7-11)5-10-3-4-12-9;1-6(2)11-5-7-3-4-8(11)9(7)10;1-7(2)11-6-9(10)5-4-8(11)3;1-6(2)11-4-7(9)3-8(10)5-11;1-7(2)10-5-3-4-8(9)6-10/h9-11H,3-8H2,1-2H3;9-11H,3-8H2,1-2H3;7-10H,3-6,11H2,1-2H3;9,11H,3-8H2,1-2H3;8,10H,3-7H2,1-2H3;6-9H,3-5,10H2,1-2H3;7-9H,4-6,10H2,1-3H3;6-8H,3-5,10H2,1-2H3;7-8H,3-6,9H2,1-2H3. The summed E-state index contributed by atoms with van der Waals surface area (Å²) in [6.45, 7) is 66.8. The molecule has 3 saturated carbocycles. The Labute approximate surface area is 640 Å². The van der Waals surface area contributed by atoms with Crippen LogP contribution in [-0.2, 0) is 9.47 Å². The monoisotopic (exact) mass is 1470 g/mol. The van der Waals surface area contributed by atoms with Gasteiger partial charge in [0.25, 0.3) is 0 Å². The largest absolute Gasteiger partial charge is 0.378 e. The van der Waals surface area contributed by atoms with E-state index >= 15 is 0 Å². The van der Waals surface area contributed by atoms with Crippen LogP contribution in [0.4, 0.5) is 4.39 Å². The Hall–Kier alpha value is -0.790. The van der Waals surface area contributed by atoms with Gasteiger partial charge in [-0.15, -0.1) is 0 Å². The Bertz CT molecular complexity index is 2240. The molecule has 16 aliphatic rings. The highest BCUT2D eigenvalue weighted by Crippen LogP contribution is 2.41. The molecule has 16 rings (SSSR count). The summed E-state index contributed by atoms with van der Waals surface area (Å²) in [5, 5.41) is 6.90. The molecule has 0 aromatic carbocycles. The second-order valence-electron chi connectivity index (χ2n) is 38.6. The zero-order chi connectivity index (χ0) is 76.2. The van der Waals surface area contributed by atoms with E-state index in [-0.39, 0.29) is 11.6 Å². The molecule has 18 nitrogen and oxygen atoms in total. The van der Waals surface area contributed by atoms with Crippen LogP contribution < -0.4 is 39.3 Å². The third kappa shape index (κ3) is 27.8. The van der Waals surface area contributed by atoms with E-state index in [1.165, 1.54) is 188 Å². The molecular formula is C85H173FN16O2. The van der Waals surface area contributed by atoms with Crippen molar-refractivity contribution in [2.24, 2.45) is 63.7 Å². The summed E-state index contributed by atoms with van der Waals surface area (Å²) in [6, 6.07) is 9.95. The third-order valence-corrected chi connectivity index (χ3v) is 27.4. The van der Waals surface area contributed by atoms with Crippen molar-refractivity contribution in [2.75, 3.05) is 138 Å². The number of hydrogen-bond donors (Lipinski definition) is 7. The Morgan fingerprint density at radius 3 is 1.45 bits per heavy atom. The molecule has 15 atom stereocenters. The minimum Gasteiger partial charge on any atom is -0.378 e. The number of nitrogens with one attached hydrogen (secondary N) is 2. The zero-order valence-corrected chi connectivity index (χ0v) is 71.2. The van der Waals surface area contributed by atoms with Crippen molar-refractivity contribution in [3.05, 3.63) is 0 Å². The van der Waals surface area contributed by atoms with Gasteiger partial charge in [-0.05, 0) is 290 Å². The molecule has 19 heteroatoms. The molecule has 2 spiro atoms. The molecule has 13 saturated heterocycles. The van der Waals surface area contributed by atoms with Crippen LogP contribution in [0.2, 0.25) is 0 Å². The number of alkyl halides is 1. The van der Waals surface area contributed by atoms with Gasteiger partial charge >= 0.3 is 0 Å². The van der Waals surface area contributed by atoms with Crippen LogP contribution in [0.5, 0.6) is 0 Å². The number of piperidine rings is 9. The number of nitrogens with two attached hydrogens (primary N) is 5. The highest BCUT2D eigenvalue weighted by molar-refractivity contribution is 5.04. The normalized spacial score (nSPS) is 35.3. The second-order valence-corrected chi connectivity index (χ2v) is 38.6. The van der Waals surface area contributed by atoms with Crippen molar-refractivity contribution >= 4 is 0 Å². The summed E-state index contributed by atoms with van der Waals surface area (Å²) in [5.74, 6) is 4.68. The number of rotatable bonds is 9. The van der Waals surface area contributed by atoms with Gasteiger partial charge in [-0.1, -0.05) is 12.8 Å². The smallest absolute Gasteiger partial charge is 0.114 e. The van der Waals surface area contributed by atoms with Gasteiger partial charge in [0.05, 0.1) is 12.7 Å². The van der Waals surface area contributed by atoms with Crippen LogP contribution in [0.1, 0.15) is 254 Å². The average Bonchev–Trinajstić information content (AvgIpc) is 1.18. The minimum atomic E-state index is -0.721. The summed E-state index contributed by atoms with van der Waals surface area (Å²) >= 11 is 0. The molecule has 3 aliphatic carbocycles. The van der Waals surface area contributed by atoms with Gasteiger partial charge in [0.15, 0.2) is 0 Å². The third-order valence-electron chi connectivity index (χ3n) is 27.4. The van der Waals surface area contributed by atoms with Gasteiger partial charge in [0.2, 0.25) is 0 Å². The van der Waals surface area contributed by atoms with Crippen LogP contribution >= 0.6 is 0 Å². The Morgan fingerprint density at radius 1 is 0.394 bits per heavy atom. The molecule has 13 aliphatic heterocycles. The number of hydrogen-bond acceptors (Lipinski definition) is 18. The Balaban J connectivity index is 0.000000164. The molecule has 15 unspecified atom stereocenters. The Morgan fingerprint density at radius 2 is 0.952 bits per heavy atom. The van der Waals surface area contributed by atoms with Crippen LogP contribution in [0, 0.1) is 35.0 Å². The number of morpholine rings is 1. The molecule has 104 heavy (non-hydrogen) atoms. The molecule has 13 heterocycles. The summed E-state index contributed by atoms with van der Waals surface area (Å²) in [7, 11) is 0. The lowest BCUT2D eigenvalue weighted by molar-refractivity contribution is -0.164. The number of halogens is 1. The summed E-state index contributed by atoms with van der Waals surface area (Å²) in [5.41, 5.74) is 30.4. The molecule has 4 bridgehead atoms. The first-order valence-electron chi connectivity index (χ1n) is 44.1. The maximum absolute atomic E-state index is 12.9. The molecule has 0 amide bonds. The van der Waals surface area contributed by atoms with Gasteiger partial charge in [-0.2, -0.15) is 0 Å². The quantitative estimate of drug-likeness (QED) is 0.115. The highest BCUT2D eigenvalue weighted by Gasteiger charge is 2.48. The fourth-order valence-corrected chi connectivity index (χ4v) is 20.5. The summed E-state index contributed by atoms with van der Waals surface area (Å²) in [6.07, 6.45) is 24.8. The molecule has 612 valence electrons. The molecule has 0 aromatic heterocycles. The lowest BCUT2D eigenvalue weighted by Crippen LogP contribution is -2.70. The fourth-order valence-electron chi connectivity index (χ4n) is 20.5. The predicted octanol–water partition coefficient (Wildman–Crippen LogP) is 10.4. The SMILES string of the molecule is CC(C)N1CC(N)CC(F)C1.CC(C)N1CC(N)CCC1C.CC(C)N1CC2(CCCNC2)C1.CC(C)N1CC2(CNCCO2)C1.CC(C)N1CC2CCC1C(N)C2.CC(C)N1CC2CCC1C2N.CC(C)N1CCC2CCCC2C1.CC(C)N1CCC2OCCCC2C1.CC(C)N1CCCC(N)C1. The molecular weight excluding hydrogens is 1300 g/mol. The van der Waals surface area contributed by atoms with E-state index in [0.717, 1.165) is 107 Å². The first-order chi connectivity index (χ1) is 49.3. The van der Waals surface area contributed by atoms with Crippen molar-refractivity contribution < 1.29 is 13.9 Å². The van der Waals surface area contributed by atoms with Gasteiger partial charge < -0.3 is 58.6 Å². The molecule has 0 aromatic rings. The Kier molecular flexibility index (Phi) is 38.3. The predicted molar refractivity (Wildman–Crippen MR) is 439 cm³/mol. The van der Waals surface area contributed by atoms with Gasteiger partial charge in [-0.3, -0.25) is 34.3 Å². The van der Waals surface area contributed by atoms with E-state index in [1.807, 2.05) is 0 Å². The summed E-state index contributed by atoms with van der Waals surface area (Å²) < 4.78 is 24.5. The number of nitrogens with zero attached hydrogens (tertiary/aromatic N) is 9. The van der Waals surface area contributed by atoms with Crippen LogP contribution in [0.25, 0.3) is 0 Å². The van der Waals surface area contributed by atoms with Crippen molar-refractivity contribution in [2.45, 2.75) is 374 Å². The topological polar surface area (TPSA) is 202 Å². The van der Waals surface area contributed by atoms with Gasteiger partial charge in [0, 0.05) is 219 Å². The number of ether oxygens (including phenoxy) is 2. The van der Waals surface area contributed by atoms with Gasteiger partial charge in [0.1, 0.15) is 11.8 Å². The molecule has 12 N–H and O–H groups in total. The number of likely N-dealkylation sites (tertiary alicyclic amines) is 8. The van der Waals surface area contributed by atoms with E-state index < -0.39 is 6.17 Å². The van der Waals surface area contributed by atoms with Crippen LogP contribution in [-0.4, -0.2) is 302 Å². The minimum absolute atomic E-state index is 0.0288. The van der Waals surface area contributed by atoms with Crippen molar-refractivity contribution in [3.63, 3.8) is 0 Å². The van der Waals surface area contributed by atoms with Crippen molar-refractivity contribution in [1.82, 2.24) is 54.7 Å². The highest BCUT2D eigenvalue weighted by atomic mass is 19.1. The zero-order valence-electron chi connectivity index (χ0n) is 71.2. The van der Waals surface area contributed by atoms with Crippen LogP contribution in [0.3, 0.4) is 0 Å². The average molecular weight is 1470 g/mol. The lowest BCUT2D eigenvalue weighted by Gasteiger charge is -2.54. The van der Waals surface area contributed by atoms with E-state index in [9.17, 15) is 4.39 Å². The molecule has 0 radical (unpaired) electrons. The van der Waals surface area contributed by atoms with Gasteiger partial charge in [-0.25, -0.2) is 4.39 Å². The van der Waals surface area contributed by atoms with Crippen molar-refractivity contribution in [1.29, 1.82) is 0 Å². The molecule has 16 fully saturated rings. The van der Waals surface area contributed by atoms with Crippen LogP contribution in [0.15, 0.2) is 0 Å². The second kappa shape index (κ2) is 44.0. The van der Waals surface area contributed by atoms with Crippen molar-refractivity contribution in [3.8, 4) is 0 Å². The summed E-state index contributed by atoms with van der Waals surface area (Å²) in [4.78, 5) is 22.5. The van der Waals surface area contributed by atoms with E-state index in [4.69, 9.17) is 38.1 Å². The lowest BCUT2D eigenvalue weighted by atomic mass is 9.73. The maximum atomic E-state index is 12.9. The fraction of sp³-hybridized carbons (Fsp3) is 1.00. The van der Waals surface area contributed by atoms with E-state index in [1.54, 1.807) is 0 Å². The van der Waals surface area contributed by atoms with E-state index in [2.05, 4.69) is 186 Å². The number of fused-ring (bicyclic) bond motifs is 7.